The molecule has 2 aliphatic heterocycles. The Hall–Kier alpha value is -1.92. The maximum Gasteiger partial charge on any atom is 0.137 e. The van der Waals surface area contributed by atoms with E-state index >= 15 is 0 Å². The van der Waals surface area contributed by atoms with E-state index in [2.05, 4.69) is 32.6 Å². The highest BCUT2D eigenvalue weighted by molar-refractivity contribution is 9.10. The van der Waals surface area contributed by atoms with E-state index in [0.29, 0.717) is 24.2 Å². The zero-order valence-electron chi connectivity index (χ0n) is 13.7. The van der Waals surface area contributed by atoms with Crippen LogP contribution in [0.3, 0.4) is 0 Å². The number of ether oxygens (including phenoxy) is 1. The third kappa shape index (κ3) is 3.28. The van der Waals surface area contributed by atoms with Crippen molar-refractivity contribution in [3.05, 3.63) is 58.3 Å². The number of nitrogens with zero attached hydrogens (tertiary/aromatic N) is 1. The van der Waals surface area contributed by atoms with Crippen LogP contribution in [-0.2, 0) is 11.3 Å². The highest BCUT2D eigenvalue weighted by atomic mass is 79.9. The number of fused-ring (bicyclic) bond motifs is 1. The maximum absolute atomic E-state index is 13.4. The summed E-state index contributed by atoms with van der Waals surface area (Å²) in [5.41, 5.74) is 2.75. The van der Waals surface area contributed by atoms with Crippen LogP contribution in [0.15, 0.2) is 51.9 Å². The van der Waals surface area contributed by atoms with E-state index in [-0.39, 0.29) is 11.4 Å². The Morgan fingerprint density at radius 2 is 2.00 bits per heavy atom. The molecule has 0 atom stereocenters. The van der Waals surface area contributed by atoms with Crippen molar-refractivity contribution < 1.29 is 9.13 Å². The summed E-state index contributed by atoms with van der Waals surface area (Å²) in [5, 5.41) is 7.15. The van der Waals surface area contributed by atoms with Gasteiger partial charge in [-0.05, 0) is 45.8 Å². The normalized spacial score (nSPS) is 18.2. The third-order valence-electron chi connectivity index (χ3n) is 4.75. The number of halogens is 2. The molecule has 2 aromatic carbocycles. The zero-order valence-corrected chi connectivity index (χ0v) is 15.3. The minimum absolute atomic E-state index is 0.232. The summed E-state index contributed by atoms with van der Waals surface area (Å²) in [4.78, 5) is 4.88. The van der Waals surface area contributed by atoms with Gasteiger partial charge in [0.25, 0.3) is 0 Å². The molecular weight excluding hydrogens is 385 g/mol. The van der Waals surface area contributed by atoms with Crippen molar-refractivity contribution in [3.8, 4) is 0 Å². The van der Waals surface area contributed by atoms with Crippen molar-refractivity contribution >= 4 is 33.1 Å². The fourth-order valence-corrected chi connectivity index (χ4v) is 3.77. The first-order valence-corrected chi connectivity index (χ1v) is 9.18. The highest BCUT2D eigenvalue weighted by Crippen LogP contribution is 2.37. The van der Waals surface area contributed by atoms with Gasteiger partial charge in [0.05, 0.1) is 21.4 Å². The average molecular weight is 404 g/mol. The fourth-order valence-electron chi connectivity index (χ4n) is 3.35. The molecule has 0 bridgehead atoms. The van der Waals surface area contributed by atoms with Crippen molar-refractivity contribution in [3.63, 3.8) is 0 Å². The molecule has 4 rings (SSSR count). The Balaban J connectivity index is 1.62. The van der Waals surface area contributed by atoms with Crippen molar-refractivity contribution in [2.45, 2.75) is 24.9 Å². The summed E-state index contributed by atoms with van der Waals surface area (Å²) in [7, 11) is 0. The van der Waals surface area contributed by atoms with Crippen LogP contribution < -0.4 is 10.6 Å². The summed E-state index contributed by atoms with van der Waals surface area (Å²) in [6.45, 7) is 2.00. The van der Waals surface area contributed by atoms with Gasteiger partial charge >= 0.3 is 0 Å². The first-order valence-electron chi connectivity index (χ1n) is 8.38. The Labute approximate surface area is 154 Å². The Kier molecular flexibility index (Phi) is 4.48. The number of amidine groups is 1. The Morgan fingerprint density at radius 1 is 1.20 bits per heavy atom. The van der Waals surface area contributed by atoms with Crippen LogP contribution in [0.25, 0.3) is 0 Å². The van der Waals surface area contributed by atoms with E-state index < -0.39 is 0 Å². The average Bonchev–Trinajstić information content (AvgIpc) is 2.63. The molecule has 0 unspecified atom stereocenters. The van der Waals surface area contributed by atoms with E-state index in [9.17, 15) is 4.39 Å². The molecule has 0 aliphatic carbocycles. The van der Waals surface area contributed by atoms with Gasteiger partial charge < -0.3 is 15.4 Å². The molecule has 0 amide bonds. The van der Waals surface area contributed by atoms with Crippen LogP contribution in [-0.4, -0.2) is 24.6 Å². The summed E-state index contributed by atoms with van der Waals surface area (Å²) >= 11 is 3.24. The molecule has 1 spiro atoms. The Bertz CT molecular complexity index is 818. The molecule has 1 fully saturated rings. The van der Waals surface area contributed by atoms with Gasteiger partial charge in [-0.3, -0.25) is 0 Å². The van der Waals surface area contributed by atoms with Gasteiger partial charge in [0.1, 0.15) is 11.7 Å². The molecule has 0 radical (unpaired) electrons. The fraction of sp³-hybridized carbons (Fsp3) is 0.316. The SMILES string of the molecule is Fc1ccc(CNC2=Nc3ccccc3NC23CCOCC3)cc1Br. The number of rotatable bonds is 2. The maximum atomic E-state index is 13.4. The van der Waals surface area contributed by atoms with Crippen molar-refractivity contribution in [1.29, 1.82) is 0 Å². The van der Waals surface area contributed by atoms with Gasteiger partial charge in [-0.15, -0.1) is 0 Å². The number of aliphatic imine (C=N–C) groups is 1. The molecule has 0 saturated carbocycles. The van der Waals surface area contributed by atoms with Gasteiger partial charge in [-0.25, -0.2) is 9.38 Å². The number of para-hydroxylation sites is 2. The van der Waals surface area contributed by atoms with Crippen molar-refractivity contribution in [2.24, 2.45) is 4.99 Å². The molecule has 2 aromatic rings. The quantitative estimate of drug-likeness (QED) is 0.781. The van der Waals surface area contributed by atoms with Gasteiger partial charge in [0, 0.05) is 32.6 Å². The van der Waals surface area contributed by atoms with Crippen LogP contribution in [0.1, 0.15) is 18.4 Å². The van der Waals surface area contributed by atoms with E-state index in [4.69, 9.17) is 9.73 Å². The first-order chi connectivity index (χ1) is 12.2. The van der Waals surface area contributed by atoms with Crippen LogP contribution >= 0.6 is 15.9 Å². The molecule has 25 heavy (non-hydrogen) atoms. The van der Waals surface area contributed by atoms with E-state index in [1.54, 1.807) is 12.1 Å². The first kappa shape index (κ1) is 16.5. The van der Waals surface area contributed by atoms with E-state index in [1.807, 2.05) is 18.2 Å². The lowest BCUT2D eigenvalue weighted by Gasteiger charge is -2.42. The largest absolute Gasteiger partial charge is 0.381 e. The number of hydrogen-bond donors (Lipinski definition) is 2. The minimum Gasteiger partial charge on any atom is -0.381 e. The molecule has 4 nitrogen and oxygen atoms in total. The standard InChI is InChI=1S/C19H19BrFN3O/c20-14-11-13(5-6-15(14)21)12-22-18-19(7-9-25-10-8-19)24-17-4-2-1-3-16(17)23-18/h1-6,11,24H,7-10,12H2,(H,22,23). The molecule has 2 heterocycles. The van der Waals surface area contributed by atoms with Crippen molar-refractivity contribution in [2.75, 3.05) is 18.5 Å². The lowest BCUT2D eigenvalue weighted by molar-refractivity contribution is 0.0771. The third-order valence-corrected chi connectivity index (χ3v) is 5.36. The lowest BCUT2D eigenvalue weighted by atomic mass is 9.86. The predicted molar refractivity (Wildman–Crippen MR) is 101 cm³/mol. The summed E-state index contributed by atoms with van der Waals surface area (Å²) in [6, 6.07) is 13.1. The molecule has 6 heteroatoms. The second-order valence-electron chi connectivity index (χ2n) is 6.40. The number of nitrogens with one attached hydrogen (secondary N) is 2. The van der Waals surface area contributed by atoms with Crippen LogP contribution in [0.2, 0.25) is 0 Å². The van der Waals surface area contributed by atoms with Gasteiger partial charge in [0.2, 0.25) is 0 Å². The van der Waals surface area contributed by atoms with Gasteiger partial charge in [-0.1, -0.05) is 18.2 Å². The summed E-state index contributed by atoms with van der Waals surface area (Å²) < 4.78 is 19.5. The highest BCUT2D eigenvalue weighted by Gasteiger charge is 2.40. The number of hydrogen-bond acceptors (Lipinski definition) is 4. The van der Waals surface area contributed by atoms with Crippen LogP contribution in [0.5, 0.6) is 0 Å². The second-order valence-corrected chi connectivity index (χ2v) is 7.25. The second kappa shape index (κ2) is 6.77. The van der Waals surface area contributed by atoms with Crippen LogP contribution in [0.4, 0.5) is 15.8 Å². The van der Waals surface area contributed by atoms with Gasteiger partial charge in [-0.2, -0.15) is 0 Å². The van der Waals surface area contributed by atoms with Crippen LogP contribution in [0, 0.1) is 5.82 Å². The van der Waals surface area contributed by atoms with Gasteiger partial charge in [0.15, 0.2) is 0 Å². The lowest BCUT2D eigenvalue weighted by Crippen LogP contribution is -2.56. The predicted octanol–water partition coefficient (Wildman–Crippen LogP) is 4.38. The smallest absolute Gasteiger partial charge is 0.137 e. The van der Waals surface area contributed by atoms with Crippen molar-refractivity contribution in [1.82, 2.24) is 5.32 Å². The monoisotopic (exact) mass is 403 g/mol. The van der Waals surface area contributed by atoms with E-state index in [0.717, 1.165) is 35.6 Å². The summed E-state index contributed by atoms with van der Waals surface area (Å²) in [6.07, 6.45) is 1.72. The molecule has 2 aliphatic rings. The number of benzene rings is 2. The molecular formula is C19H19BrFN3O. The minimum atomic E-state index is -0.254. The molecule has 2 N–H and O–H groups in total. The summed E-state index contributed by atoms with van der Waals surface area (Å²) in [5.74, 6) is 0.671. The topological polar surface area (TPSA) is 45.7 Å². The zero-order chi connectivity index (χ0) is 17.3. The molecule has 1 saturated heterocycles. The van der Waals surface area contributed by atoms with E-state index in [1.165, 1.54) is 6.07 Å². The molecule has 130 valence electrons. The number of anilines is 1. The Morgan fingerprint density at radius 3 is 2.80 bits per heavy atom. The molecule has 0 aromatic heterocycles.